The molecule has 1 N–H and O–H groups in total. The average molecular weight is 205 g/mol. The second kappa shape index (κ2) is 3.28. The minimum Gasteiger partial charge on any atom is -0.477 e. The Kier molecular flexibility index (Phi) is 2.46. The Balaban J connectivity index is 3.35. The molecule has 0 radical (unpaired) electrons. The summed E-state index contributed by atoms with van der Waals surface area (Å²) in [7, 11) is 0. The summed E-state index contributed by atoms with van der Waals surface area (Å²) in [5, 5.41) is 8.53. The summed E-state index contributed by atoms with van der Waals surface area (Å²) < 4.78 is 36.8. The predicted octanol–water partition coefficient (Wildman–Crippen LogP) is 2.11. The van der Waals surface area contributed by atoms with E-state index in [1.165, 1.54) is 0 Å². The Morgan fingerprint density at radius 3 is 2.50 bits per heavy atom. The maximum atomic E-state index is 12.3. The number of nitrogens with zero attached hydrogens (tertiary/aromatic N) is 1. The Hall–Kier alpha value is -1.59. The van der Waals surface area contributed by atoms with Gasteiger partial charge in [-0.15, -0.1) is 0 Å². The summed E-state index contributed by atoms with van der Waals surface area (Å²) in [6, 6.07) is 0.752. The molecule has 0 aliphatic rings. The van der Waals surface area contributed by atoms with Crippen LogP contribution in [0.15, 0.2) is 12.3 Å². The van der Waals surface area contributed by atoms with Crippen molar-refractivity contribution in [3.8, 4) is 0 Å². The molecule has 0 aliphatic heterocycles. The molecule has 0 saturated heterocycles. The molecule has 14 heavy (non-hydrogen) atoms. The third-order valence-electron chi connectivity index (χ3n) is 1.71. The number of hydrogen-bond donors (Lipinski definition) is 1. The zero-order chi connectivity index (χ0) is 10.9. The van der Waals surface area contributed by atoms with Crippen LogP contribution in [0.2, 0.25) is 0 Å². The highest BCUT2D eigenvalue weighted by atomic mass is 19.4. The van der Waals surface area contributed by atoms with Gasteiger partial charge in [-0.3, -0.25) is 0 Å². The summed E-state index contributed by atoms with van der Waals surface area (Å²) >= 11 is 0. The van der Waals surface area contributed by atoms with E-state index in [1.807, 2.05) is 0 Å². The smallest absolute Gasteiger partial charge is 0.416 e. The molecule has 1 rings (SSSR count). The van der Waals surface area contributed by atoms with Gasteiger partial charge < -0.3 is 5.11 Å². The Morgan fingerprint density at radius 1 is 1.50 bits per heavy atom. The Bertz CT molecular complexity index is 373. The van der Waals surface area contributed by atoms with Gasteiger partial charge in [0.1, 0.15) is 0 Å². The van der Waals surface area contributed by atoms with Crippen LogP contribution >= 0.6 is 0 Å². The average Bonchev–Trinajstić information content (AvgIpc) is 2.01. The fraction of sp³-hybridized carbons (Fsp3) is 0.250. The maximum Gasteiger partial charge on any atom is 0.416 e. The number of alkyl halides is 3. The first-order valence-corrected chi connectivity index (χ1v) is 3.60. The summed E-state index contributed by atoms with van der Waals surface area (Å²) in [6.07, 6.45) is -3.71. The second-order valence-corrected chi connectivity index (χ2v) is 2.64. The van der Waals surface area contributed by atoms with Gasteiger partial charge in [-0.05, 0) is 18.6 Å². The number of pyridine rings is 1. The SMILES string of the molecule is Cc1c(C(F)(F)F)ccnc1C(=O)O. The van der Waals surface area contributed by atoms with Gasteiger partial charge in [0.15, 0.2) is 5.69 Å². The molecule has 0 amide bonds. The van der Waals surface area contributed by atoms with Crippen molar-refractivity contribution in [2.45, 2.75) is 13.1 Å². The van der Waals surface area contributed by atoms with E-state index in [0.29, 0.717) is 0 Å². The van der Waals surface area contributed by atoms with Gasteiger partial charge in [-0.25, -0.2) is 9.78 Å². The summed E-state index contributed by atoms with van der Waals surface area (Å²) in [4.78, 5) is 13.8. The fourth-order valence-corrected chi connectivity index (χ4v) is 1.06. The largest absolute Gasteiger partial charge is 0.477 e. The minimum atomic E-state index is -4.54. The van der Waals surface area contributed by atoms with Crippen molar-refractivity contribution < 1.29 is 23.1 Å². The molecule has 1 heterocycles. The molecule has 0 aromatic carbocycles. The molecular weight excluding hydrogens is 199 g/mol. The molecule has 0 fully saturated rings. The van der Waals surface area contributed by atoms with Crippen molar-refractivity contribution in [2.24, 2.45) is 0 Å². The van der Waals surface area contributed by atoms with Gasteiger partial charge >= 0.3 is 12.1 Å². The van der Waals surface area contributed by atoms with Gasteiger partial charge in [0.25, 0.3) is 0 Å². The molecule has 0 unspecified atom stereocenters. The number of aromatic nitrogens is 1. The molecule has 0 atom stereocenters. The predicted molar refractivity (Wildman–Crippen MR) is 40.9 cm³/mol. The molecule has 0 bridgehead atoms. The monoisotopic (exact) mass is 205 g/mol. The van der Waals surface area contributed by atoms with Crippen LogP contribution in [0.4, 0.5) is 13.2 Å². The third-order valence-corrected chi connectivity index (χ3v) is 1.71. The van der Waals surface area contributed by atoms with Crippen molar-refractivity contribution in [2.75, 3.05) is 0 Å². The molecule has 3 nitrogen and oxygen atoms in total. The number of aromatic carboxylic acids is 1. The number of carboxylic acids is 1. The van der Waals surface area contributed by atoms with Crippen LogP contribution in [0.5, 0.6) is 0 Å². The first-order valence-electron chi connectivity index (χ1n) is 3.60. The lowest BCUT2D eigenvalue weighted by Gasteiger charge is -2.10. The molecule has 0 saturated carbocycles. The number of hydrogen-bond acceptors (Lipinski definition) is 2. The van der Waals surface area contributed by atoms with E-state index >= 15 is 0 Å². The highest BCUT2D eigenvalue weighted by Crippen LogP contribution is 2.32. The number of halogens is 3. The Labute approximate surface area is 77.2 Å². The molecule has 6 heteroatoms. The molecule has 1 aromatic heterocycles. The van der Waals surface area contributed by atoms with Crippen molar-refractivity contribution in [3.05, 3.63) is 29.1 Å². The van der Waals surface area contributed by atoms with Crippen molar-refractivity contribution in [1.29, 1.82) is 0 Å². The van der Waals surface area contributed by atoms with Crippen LogP contribution in [0.3, 0.4) is 0 Å². The van der Waals surface area contributed by atoms with Crippen molar-refractivity contribution in [1.82, 2.24) is 4.98 Å². The first kappa shape index (κ1) is 10.5. The number of carbonyl (C=O) groups is 1. The van der Waals surface area contributed by atoms with Crippen molar-refractivity contribution >= 4 is 5.97 Å². The fourth-order valence-electron chi connectivity index (χ4n) is 1.06. The molecule has 0 spiro atoms. The standard InChI is InChI=1S/C8H6F3NO2/c1-4-5(8(9,10)11)2-3-12-6(4)7(13)14/h2-3H,1H3,(H,13,14). The number of rotatable bonds is 1. The maximum absolute atomic E-state index is 12.3. The Morgan fingerprint density at radius 2 is 2.07 bits per heavy atom. The van der Waals surface area contributed by atoms with E-state index in [-0.39, 0.29) is 5.56 Å². The topological polar surface area (TPSA) is 50.2 Å². The van der Waals surface area contributed by atoms with Crippen LogP contribution in [-0.4, -0.2) is 16.1 Å². The lowest BCUT2D eigenvalue weighted by molar-refractivity contribution is -0.138. The van der Waals surface area contributed by atoms with Gasteiger partial charge in [-0.1, -0.05) is 0 Å². The van der Waals surface area contributed by atoms with E-state index in [4.69, 9.17) is 5.11 Å². The minimum absolute atomic E-state index is 0.368. The van der Waals surface area contributed by atoms with Crippen LogP contribution in [0.25, 0.3) is 0 Å². The molecule has 0 aliphatic carbocycles. The summed E-state index contributed by atoms with van der Waals surface area (Å²) in [5.74, 6) is -1.46. The summed E-state index contributed by atoms with van der Waals surface area (Å²) in [5.41, 5.74) is -1.91. The molecule has 76 valence electrons. The van der Waals surface area contributed by atoms with Gasteiger partial charge in [0.2, 0.25) is 0 Å². The van der Waals surface area contributed by atoms with Gasteiger partial charge in [0, 0.05) is 6.20 Å². The normalized spacial score (nSPS) is 11.4. The lowest BCUT2D eigenvalue weighted by Crippen LogP contribution is -2.12. The molecule has 1 aromatic rings. The van der Waals surface area contributed by atoms with E-state index in [0.717, 1.165) is 19.2 Å². The van der Waals surface area contributed by atoms with E-state index in [9.17, 15) is 18.0 Å². The van der Waals surface area contributed by atoms with E-state index < -0.39 is 23.4 Å². The zero-order valence-corrected chi connectivity index (χ0v) is 7.09. The van der Waals surface area contributed by atoms with Crippen LogP contribution in [0.1, 0.15) is 21.6 Å². The highest BCUT2D eigenvalue weighted by molar-refractivity contribution is 5.87. The first-order chi connectivity index (χ1) is 6.34. The van der Waals surface area contributed by atoms with Crippen molar-refractivity contribution in [3.63, 3.8) is 0 Å². The molecular formula is C8H6F3NO2. The second-order valence-electron chi connectivity index (χ2n) is 2.64. The lowest BCUT2D eigenvalue weighted by atomic mass is 10.1. The van der Waals surface area contributed by atoms with Crippen LogP contribution < -0.4 is 0 Å². The van der Waals surface area contributed by atoms with Crippen LogP contribution in [-0.2, 0) is 6.18 Å². The van der Waals surface area contributed by atoms with Gasteiger partial charge in [0.05, 0.1) is 5.56 Å². The zero-order valence-electron chi connectivity index (χ0n) is 7.09. The highest BCUT2D eigenvalue weighted by Gasteiger charge is 2.34. The van der Waals surface area contributed by atoms with Crippen LogP contribution in [0, 0.1) is 6.92 Å². The number of carboxylic acid groups (broad SMARTS) is 1. The third kappa shape index (κ3) is 1.84. The van der Waals surface area contributed by atoms with Gasteiger partial charge in [-0.2, -0.15) is 13.2 Å². The quantitative estimate of drug-likeness (QED) is 0.763. The van der Waals surface area contributed by atoms with E-state index in [2.05, 4.69) is 4.98 Å². The summed E-state index contributed by atoms with van der Waals surface area (Å²) in [6.45, 7) is 1.08. The van der Waals surface area contributed by atoms with E-state index in [1.54, 1.807) is 0 Å².